The number of carbonyl (C=O) groups is 1. The van der Waals surface area contributed by atoms with E-state index in [2.05, 4.69) is 13.8 Å². The minimum Gasteiger partial charge on any atom is -0.462 e. The van der Waals surface area contributed by atoms with Crippen molar-refractivity contribution < 1.29 is 9.53 Å². The molecule has 0 aromatic rings. The maximum atomic E-state index is 11.6. The minimum atomic E-state index is 0.0561. The molecule has 5 atom stereocenters. The number of carbonyl (C=O) groups excluding carboxylic acids is 1. The Bertz CT molecular complexity index is 224. The van der Waals surface area contributed by atoms with Crippen molar-refractivity contribution >= 4 is 5.97 Å². The van der Waals surface area contributed by atoms with Gasteiger partial charge in [-0.2, -0.15) is 0 Å². The summed E-state index contributed by atoms with van der Waals surface area (Å²) in [5.74, 6) is 1.93. The highest BCUT2D eigenvalue weighted by atomic mass is 16.5. The van der Waals surface area contributed by atoms with E-state index in [4.69, 9.17) is 4.74 Å². The van der Waals surface area contributed by atoms with Crippen LogP contribution >= 0.6 is 0 Å². The molecule has 1 saturated heterocycles. The van der Waals surface area contributed by atoms with Crippen LogP contribution in [-0.4, -0.2) is 12.1 Å². The predicted molar refractivity (Wildman–Crippen MR) is 50.1 cm³/mol. The van der Waals surface area contributed by atoms with Gasteiger partial charge >= 0.3 is 5.97 Å². The van der Waals surface area contributed by atoms with Gasteiger partial charge in [-0.15, -0.1) is 0 Å². The van der Waals surface area contributed by atoms with E-state index < -0.39 is 0 Å². The summed E-state index contributed by atoms with van der Waals surface area (Å²) in [6.07, 6.45) is 2.53. The van der Waals surface area contributed by atoms with Gasteiger partial charge in [0.2, 0.25) is 0 Å². The van der Waals surface area contributed by atoms with Crippen LogP contribution < -0.4 is 0 Å². The Hall–Kier alpha value is -0.530. The summed E-state index contributed by atoms with van der Waals surface area (Å²) in [4.78, 5) is 11.6. The van der Waals surface area contributed by atoms with Gasteiger partial charge in [0.1, 0.15) is 6.10 Å². The Labute approximate surface area is 79.7 Å². The second-order valence-electron chi connectivity index (χ2n) is 4.75. The summed E-state index contributed by atoms with van der Waals surface area (Å²) in [6, 6.07) is 0. The summed E-state index contributed by atoms with van der Waals surface area (Å²) < 4.78 is 5.34. The second-order valence-corrected chi connectivity index (χ2v) is 4.75. The van der Waals surface area contributed by atoms with E-state index >= 15 is 0 Å². The van der Waals surface area contributed by atoms with Gasteiger partial charge in [0, 0.05) is 0 Å². The van der Waals surface area contributed by atoms with E-state index in [1.807, 2.05) is 6.92 Å². The van der Waals surface area contributed by atoms with Gasteiger partial charge in [-0.25, -0.2) is 0 Å². The van der Waals surface area contributed by atoms with Crippen LogP contribution in [0.5, 0.6) is 0 Å². The van der Waals surface area contributed by atoms with Crippen LogP contribution in [0.3, 0.4) is 0 Å². The number of hydrogen-bond donors (Lipinski definition) is 0. The molecule has 1 saturated carbocycles. The summed E-state index contributed by atoms with van der Waals surface area (Å²) in [5, 5.41) is 0. The fourth-order valence-electron chi connectivity index (χ4n) is 2.95. The molecule has 2 unspecified atom stereocenters. The van der Waals surface area contributed by atoms with E-state index in [9.17, 15) is 4.79 Å². The van der Waals surface area contributed by atoms with Crippen LogP contribution in [0, 0.1) is 23.7 Å². The number of rotatable bonds is 0. The highest BCUT2D eigenvalue weighted by Gasteiger charge is 2.47. The number of cyclic esters (lactones) is 1. The second kappa shape index (κ2) is 3.00. The smallest absolute Gasteiger partial charge is 0.309 e. The molecule has 0 bridgehead atoms. The van der Waals surface area contributed by atoms with Crippen LogP contribution in [0.25, 0.3) is 0 Å². The predicted octanol–water partition coefficient (Wildman–Crippen LogP) is 2.23. The molecule has 0 amide bonds. The van der Waals surface area contributed by atoms with Crippen molar-refractivity contribution in [1.29, 1.82) is 0 Å². The third-order valence-corrected chi connectivity index (χ3v) is 4.02. The molecular formula is C11H18O2. The van der Waals surface area contributed by atoms with Gasteiger partial charge in [0.05, 0.1) is 5.92 Å². The Morgan fingerprint density at radius 3 is 2.62 bits per heavy atom. The van der Waals surface area contributed by atoms with Crippen LogP contribution in [0.2, 0.25) is 0 Å². The Kier molecular flexibility index (Phi) is 2.09. The Balaban J connectivity index is 2.21. The number of ether oxygens (including phenoxy) is 1. The van der Waals surface area contributed by atoms with E-state index in [1.54, 1.807) is 0 Å². The SMILES string of the molecule is CC1CCC2[C@@H]1C(=O)O[C@H](C)[C@@H]2C. The first kappa shape index (κ1) is 9.04. The lowest BCUT2D eigenvalue weighted by atomic mass is 9.78. The normalized spacial score (nSPS) is 50.1. The molecule has 0 aromatic carbocycles. The van der Waals surface area contributed by atoms with E-state index in [-0.39, 0.29) is 18.0 Å². The molecule has 1 aliphatic carbocycles. The average Bonchev–Trinajstić information content (AvgIpc) is 2.44. The number of hydrogen-bond acceptors (Lipinski definition) is 2. The summed E-state index contributed by atoms with van der Waals surface area (Å²) in [7, 11) is 0. The minimum absolute atomic E-state index is 0.0561. The fraction of sp³-hybridized carbons (Fsp3) is 0.909. The van der Waals surface area contributed by atoms with Crippen molar-refractivity contribution in [2.24, 2.45) is 23.7 Å². The molecule has 0 aromatic heterocycles. The van der Waals surface area contributed by atoms with Crippen molar-refractivity contribution in [1.82, 2.24) is 0 Å². The third-order valence-electron chi connectivity index (χ3n) is 4.02. The first-order valence-corrected chi connectivity index (χ1v) is 5.31. The molecule has 0 radical (unpaired) electrons. The maximum Gasteiger partial charge on any atom is 0.309 e. The van der Waals surface area contributed by atoms with Gasteiger partial charge < -0.3 is 4.74 Å². The molecule has 2 fully saturated rings. The zero-order valence-corrected chi connectivity index (χ0v) is 8.62. The number of esters is 1. The first-order valence-electron chi connectivity index (χ1n) is 5.31. The van der Waals surface area contributed by atoms with E-state index in [0.29, 0.717) is 17.8 Å². The fourth-order valence-corrected chi connectivity index (χ4v) is 2.95. The van der Waals surface area contributed by atoms with E-state index in [1.165, 1.54) is 12.8 Å². The molecular weight excluding hydrogens is 164 g/mol. The van der Waals surface area contributed by atoms with Crippen molar-refractivity contribution in [2.45, 2.75) is 39.7 Å². The summed E-state index contributed by atoms with van der Waals surface area (Å²) in [6.45, 7) is 6.41. The Morgan fingerprint density at radius 1 is 1.23 bits per heavy atom. The molecule has 2 nitrogen and oxygen atoms in total. The lowest BCUT2D eigenvalue weighted by Crippen LogP contribution is -2.42. The van der Waals surface area contributed by atoms with Crippen molar-refractivity contribution in [2.75, 3.05) is 0 Å². The Morgan fingerprint density at radius 2 is 1.92 bits per heavy atom. The molecule has 0 spiro atoms. The van der Waals surface area contributed by atoms with Crippen LogP contribution in [0.1, 0.15) is 33.6 Å². The van der Waals surface area contributed by atoms with Gasteiger partial charge in [0.15, 0.2) is 0 Å². The van der Waals surface area contributed by atoms with Crippen LogP contribution in [-0.2, 0) is 9.53 Å². The van der Waals surface area contributed by atoms with Gasteiger partial charge in [-0.3, -0.25) is 4.79 Å². The van der Waals surface area contributed by atoms with Crippen molar-refractivity contribution in [3.63, 3.8) is 0 Å². The zero-order chi connectivity index (χ0) is 9.59. The van der Waals surface area contributed by atoms with Gasteiger partial charge in [0.25, 0.3) is 0 Å². The van der Waals surface area contributed by atoms with Crippen LogP contribution in [0.15, 0.2) is 0 Å². The topological polar surface area (TPSA) is 26.3 Å². The zero-order valence-electron chi connectivity index (χ0n) is 8.62. The molecule has 2 heteroatoms. The van der Waals surface area contributed by atoms with Gasteiger partial charge in [-0.1, -0.05) is 13.8 Å². The van der Waals surface area contributed by atoms with E-state index in [0.717, 1.165) is 0 Å². The van der Waals surface area contributed by atoms with Crippen molar-refractivity contribution in [3.05, 3.63) is 0 Å². The average molecular weight is 182 g/mol. The van der Waals surface area contributed by atoms with Crippen LogP contribution in [0.4, 0.5) is 0 Å². The lowest BCUT2D eigenvalue weighted by molar-refractivity contribution is -0.169. The summed E-state index contributed by atoms with van der Waals surface area (Å²) in [5.41, 5.74) is 0. The third kappa shape index (κ3) is 1.27. The molecule has 2 aliphatic rings. The van der Waals surface area contributed by atoms with Gasteiger partial charge in [-0.05, 0) is 37.5 Å². The standard InChI is InChI=1S/C11H18O2/c1-6-4-5-9-7(2)8(3)13-11(12)10(6)9/h6-10H,4-5H2,1-3H3/t6?,7-,8+,9?,10+/m0/s1. The monoisotopic (exact) mass is 182 g/mol. The maximum absolute atomic E-state index is 11.6. The molecule has 1 aliphatic heterocycles. The largest absolute Gasteiger partial charge is 0.462 e. The van der Waals surface area contributed by atoms with Crippen molar-refractivity contribution in [3.8, 4) is 0 Å². The highest BCUT2D eigenvalue weighted by molar-refractivity contribution is 5.74. The molecule has 74 valence electrons. The number of fused-ring (bicyclic) bond motifs is 1. The first-order chi connectivity index (χ1) is 6.11. The summed E-state index contributed by atoms with van der Waals surface area (Å²) >= 11 is 0. The highest BCUT2D eigenvalue weighted by Crippen LogP contribution is 2.46. The molecule has 13 heavy (non-hydrogen) atoms. The molecule has 2 rings (SSSR count). The molecule has 0 N–H and O–H groups in total. The quantitative estimate of drug-likeness (QED) is 0.537. The molecule has 1 heterocycles. The lowest BCUT2D eigenvalue weighted by Gasteiger charge is -2.36.